The van der Waals surface area contributed by atoms with Gasteiger partial charge in [0.05, 0.1) is 0 Å². The van der Waals surface area contributed by atoms with Gasteiger partial charge in [0.2, 0.25) is 0 Å². The van der Waals surface area contributed by atoms with E-state index in [1.54, 1.807) is 0 Å². The van der Waals surface area contributed by atoms with E-state index in [9.17, 15) is 2.96 Å². The van der Waals surface area contributed by atoms with Crippen LogP contribution in [0.5, 0.6) is 0 Å². The molecule has 0 N–H and O–H groups in total. The Bertz CT molecular complexity index is 392. The first-order valence-corrected chi connectivity index (χ1v) is 5.18. The average Bonchev–Trinajstić information content (AvgIpc) is 2.17. The maximum atomic E-state index is 12.6. The minimum atomic E-state index is -1.53. The highest BCUT2D eigenvalue weighted by atomic mass is 24.6. The SMILES string of the molecule is [F][Mg][c]1cccc2ccccc12. The largest absolute Gasteiger partial charge is 0.653 e. The molecule has 2 rings (SSSR count). The summed E-state index contributed by atoms with van der Waals surface area (Å²) in [5, 5.41) is 2.22. The van der Waals surface area contributed by atoms with Crippen molar-refractivity contribution in [1.82, 2.24) is 0 Å². The summed E-state index contributed by atoms with van der Waals surface area (Å²) in [6, 6.07) is 13.8. The Labute approximate surface area is 80.9 Å². The van der Waals surface area contributed by atoms with Crippen LogP contribution in [-0.2, 0) is 0 Å². The van der Waals surface area contributed by atoms with E-state index in [-0.39, 0.29) is 0 Å². The summed E-state index contributed by atoms with van der Waals surface area (Å²) in [6.07, 6.45) is 0. The van der Waals surface area contributed by atoms with Gasteiger partial charge in [-0.25, -0.2) is 0 Å². The van der Waals surface area contributed by atoms with Gasteiger partial charge in [0.15, 0.2) is 0 Å². The van der Waals surface area contributed by atoms with Gasteiger partial charge in [0, 0.05) is 0 Å². The molecule has 0 bridgehead atoms. The van der Waals surface area contributed by atoms with Crippen molar-refractivity contribution in [1.29, 1.82) is 0 Å². The van der Waals surface area contributed by atoms with Gasteiger partial charge in [0.1, 0.15) is 0 Å². The summed E-state index contributed by atoms with van der Waals surface area (Å²) >= 11 is -1.53. The molecule has 0 unspecified atom stereocenters. The van der Waals surface area contributed by atoms with Crippen molar-refractivity contribution in [2.24, 2.45) is 0 Å². The van der Waals surface area contributed by atoms with E-state index in [0.29, 0.717) is 0 Å². The zero-order valence-electron chi connectivity index (χ0n) is 6.63. The molecule has 0 fully saturated rings. The monoisotopic (exact) mass is 170 g/mol. The Morgan fingerprint density at radius 2 is 1.67 bits per heavy atom. The van der Waals surface area contributed by atoms with Crippen LogP contribution in [0.4, 0.5) is 2.96 Å². The van der Waals surface area contributed by atoms with Crippen LogP contribution in [0.15, 0.2) is 42.5 Å². The van der Waals surface area contributed by atoms with Crippen molar-refractivity contribution in [2.75, 3.05) is 0 Å². The molecule has 12 heavy (non-hydrogen) atoms. The molecule has 0 spiro atoms. The van der Waals surface area contributed by atoms with Gasteiger partial charge >= 0.3 is 20.9 Å². The van der Waals surface area contributed by atoms with E-state index >= 15 is 0 Å². The van der Waals surface area contributed by atoms with Gasteiger partial charge in [-0.3, -0.25) is 0 Å². The fourth-order valence-corrected chi connectivity index (χ4v) is 2.10. The minimum absolute atomic E-state index is 0.910. The molecule has 0 atom stereocenters. The predicted molar refractivity (Wildman–Crippen MR) is 50.4 cm³/mol. The first-order chi connectivity index (χ1) is 5.92. The van der Waals surface area contributed by atoms with Gasteiger partial charge < -0.3 is 2.96 Å². The van der Waals surface area contributed by atoms with Crippen LogP contribution >= 0.6 is 0 Å². The Morgan fingerprint density at radius 3 is 2.50 bits per heavy atom. The van der Waals surface area contributed by atoms with E-state index in [1.807, 2.05) is 42.5 Å². The number of hydrogen-bond donors (Lipinski definition) is 0. The van der Waals surface area contributed by atoms with E-state index in [1.165, 1.54) is 0 Å². The van der Waals surface area contributed by atoms with Crippen LogP contribution in [0.3, 0.4) is 0 Å². The average molecular weight is 170 g/mol. The molecule has 0 nitrogen and oxygen atoms in total. The second kappa shape index (κ2) is 3.41. The summed E-state index contributed by atoms with van der Waals surface area (Å²) in [4.78, 5) is 0. The summed E-state index contributed by atoms with van der Waals surface area (Å²) in [7, 11) is 0. The molecule has 0 amide bonds. The standard InChI is InChI=1S/C10H7.FH.Mg/c1-2-6-10-8-4-3-7-9(10)5-1;;/h1-7H;1H;/q;;+1/p-1. The number of benzene rings is 2. The number of fused-ring (bicyclic) bond motifs is 1. The van der Waals surface area contributed by atoms with Crippen molar-refractivity contribution < 1.29 is 2.96 Å². The molecule has 2 aromatic carbocycles. The van der Waals surface area contributed by atoms with Gasteiger partial charge in [-0.2, -0.15) is 0 Å². The van der Waals surface area contributed by atoms with Crippen molar-refractivity contribution >= 4 is 35.4 Å². The lowest BCUT2D eigenvalue weighted by atomic mass is 10.1. The summed E-state index contributed by atoms with van der Waals surface area (Å²) in [5.41, 5.74) is 0. The molecular weight excluding hydrogens is 163 g/mol. The van der Waals surface area contributed by atoms with E-state index in [4.69, 9.17) is 0 Å². The highest BCUT2D eigenvalue weighted by Crippen LogP contribution is 2.09. The third-order valence-electron chi connectivity index (χ3n) is 2.02. The highest BCUT2D eigenvalue weighted by molar-refractivity contribution is 6.50. The molecule has 0 heterocycles. The number of hydrogen-bond acceptors (Lipinski definition) is 0. The molecule has 0 aromatic heterocycles. The number of rotatable bonds is 1. The maximum absolute atomic E-state index is 12.6. The van der Waals surface area contributed by atoms with Crippen molar-refractivity contribution in [3.05, 3.63) is 42.5 Å². The lowest BCUT2D eigenvalue weighted by Gasteiger charge is -2.00. The highest BCUT2D eigenvalue weighted by Gasteiger charge is 2.02. The van der Waals surface area contributed by atoms with Crippen LogP contribution in [0.2, 0.25) is 0 Å². The van der Waals surface area contributed by atoms with Crippen LogP contribution in [0.25, 0.3) is 10.8 Å². The van der Waals surface area contributed by atoms with Gasteiger partial charge in [0.25, 0.3) is 0 Å². The minimum Gasteiger partial charge on any atom is -0.475 e. The lowest BCUT2D eigenvalue weighted by molar-refractivity contribution is 0.885. The van der Waals surface area contributed by atoms with E-state index < -0.39 is 20.9 Å². The van der Waals surface area contributed by atoms with Gasteiger partial charge in [-0.15, -0.1) is 3.69 Å². The second-order valence-corrected chi connectivity index (χ2v) is 3.80. The summed E-state index contributed by atoms with van der Waals surface area (Å²) < 4.78 is 13.5. The van der Waals surface area contributed by atoms with Crippen molar-refractivity contribution in [2.45, 2.75) is 0 Å². The fourth-order valence-electron chi connectivity index (χ4n) is 1.41. The van der Waals surface area contributed by atoms with Crippen molar-refractivity contribution in [3.63, 3.8) is 0 Å². The Morgan fingerprint density at radius 1 is 0.917 bits per heavy atom. The molecule has 2 heteroatoms. The first kappa shape index (κ1) is 8.02. The van der Waals surface area contributed by atoms with Gasteiger partial charge in [-0.1, -0.05) is 42.5 Å². The molecule has 0 radical (unpaired) electrons. The second-order valence-electron chi connectivity index (χ2n) is 2.77. The van der Waals surface area contributed by atoms with E-state index in [0.717, 1.165) is 14.5 Å². The van der Waals surface area contributed by atoms with Crippen molar-refractivity contribution in [3.8, 4) is 0 Å². The predicted octanol–water partition coefficient (Wildman–Crippen LogP) is 2.05. The zero-order chi connectivity index (χ0) is 8.39. The quantitative estimate of drug-likeness (QED) is 0.575. The smallest absolute Gasteiger partial charge is 0.475 e. The Balaban J connectivity index is 2.79. The number of halogens is 1. The molecule has 56 valence electrons. The molecule has 2 aromatic rings. The Kier molecular flexibility index (Phi) is 2.28. The van der Waals surface area contributed by atoms with Crippen LogP contribution < -0.4 is 3.69 Å². The van der Waals surface area contributed by atoms with Crippen LogP contribution in [-0.4, -0.2) is 20.9 Å². The summed E-state index contributed by atoms with van der Waals surface area (Å²) in [6.45, 7) is 0. The fraction of sp³-hybridized carbons (Fsp3) is 0. The molecule has 0 aliphatic heterocycles. The topological polar surface area (TPSA) is 0 Å². The lowest BCUT2D eigenvalue weighted by Crippen LogP contribution is -2.09. The molecule has 0 aliphatic carbocycles. The third kappa shape index (κ3) is 1.32. The summed E-state index contributed by atoms with van der Waals surface area (Å²) in [5.74, 6) is 0. The third-order valence-corrected chi connectivity index (χ3v) is 2.93. The van der Waals surface area contributed by atoms with Crippen LogP contribution in [0.1, 0.15) is 0 Å². The van der Waals surface area contributed by atoms with E-state index in [2.05, 4.69) is 0 Å². The molecule has 0 aliphatic rings. The van der Waals surface area contributed by atoms with Crippen LogP contribution in [0, 0.1) is 0 Å². The molecular formula is C10H7FMg. The van der Waals surface area contributed by atoms with Gasteiger partial charge in [-0.05, 0) is 10.8 Å². The zero-order valence-corrected chi connectivity index (χ0v) is 8.04. The molecule has 0 saturated heterocycles. The normalized spacial score (nSPS) is 9.75. The first-order valence-electron chi connectivity index (χ1n) is 3.94. The maximum Gasteiger partial charge on any atom is 0.653 e. The molecule has 0 saturated carbocycles. The Hall–Kier alpha value is -0.604.